The number of halogens is 1. The molecule has 0 aliphatic carbocycles. The maximum absolute atomic E-state index is 14.1. The molecule has 0 bridgehead atoms. The maximum atomic E-state index is 14.1. The number of hydrogen-bond donors (Lipinski definition) is 0. The zero-order valence-electron chi connectivity index (χ0n) is 24.5. The molecule has 1 saturated heterocycles. The number of fused-ring (bicyclic) bond motifs is 2. The molecule has 10 nitrogen and oxygen atoms in total. The second-order valence-electron chi connectivity index (χ2n) is 11.0. The van der Waals surface area contributed by atoms with E-state index in [-0.39, 0.29) is 42.1 Å². The molecule has 4 heterocycles. The molecular formula is C33H30FN5O5S. The summed E-state index contributed by atoms with van der Waals surface area (Å²) >= 11 is 1.45. The summed E-state index contributed by atoms with van der Waals surface area (Å²) in [4.78, 5) is 44.6. The number of anilines is 1. The Hall–Kier alpha value is -4.84. The highest BCUT2D eigenvalue weighted by Crippen LogP contribution is 2.50. The number of carbonyl (C=O) groups is 3. The molecule has 0 unspecified atom stereocenters. The monoisotopic (exact) mass is 627 g/mol. The summed E-state index contributed by atoms with van der Waals surface area (Å²) in [6.45, 7) is 3.09. The van der Waals surface area contributed by atoms with Gasteiger partial charge < -0.3 is 19.3 Å². The fourth-order valence-electron chi connectivity index (χ4n) is 5.94. The number of benzene rings is 3. The van der Waals surface area contributed by atoms with Crippen LogP contribution in [0.15, 0.2) is 72.8 Å². The predicted molar refractivity (Wildman–Crippen MR) is 167 cm³/mol. The average molecular weight is 628 g/mol. The van der Waals surface area contributed by atoms with Crippen LogP contribution in [0, 0.1) is 5.82 Å². The number of amides is 3. The predicted octanol–water partition coefficient (Wildman–Crippen LogP) is 4.27. The Kier molecular flexibility index (Phi) is 7.66. The van der Waals surface area contributed by atoms with E-state index in [1.807, 2.05) is 48.5 Å². The van der Waals surface area contributed by atoms with Gasteiger partial charge in [0.25, 0.3) is 0 Å². The van der Waals surface area contributed by atoms with Gasteiger partial charge in [-0.05, 0) is 42.0 Å². The number of carbonyl (C=O) groups excluding carboxylic acids is 3. The SMILES string of the molecule is CC(=O)N1CCN(C(=O)CN2C(=O)CS[C@H](c3ccc4c(c3)OCO4)c3c(-c4ccccc4)nn(-c4ccc(F)cc4)c32)CC1. The van der Waals surface area contributed by atoms with Crippen LogP contribution in [-0.4, -0.2) is 82.6 Å². The normalized spacial score (nSPS) is 17.7. The second-order valence-corrected chi connectivity index (χ2v) is 12.1. The zero-order chi connectivity index (χ0) is 31.1. The van der Waals surface area contributed by atoms with Crippen molar-refractivity contribution in [3.05, 3.63) is 89.7 Å². The smallest absolute Gasteiger partial charge is 0.242 e. The molecule has 3 aliphatic rings. The van der Waals surface area contributed by atoms with Crippen LogP contribution in [-0.2, 0) is 14.4 Å². The van der Waals surface area contributed by atoms with Crippen molar-refractivity contribution in [1.29, 1.82) is 0 Å². The van der Waals surface area contributed by atoms with E-state index >= 15 is 0 Å². The number of thioether (sulfide) groups is 1. The molecule has 3 aromatic carbocycles. The number of aromatic nitrogens is 2. The molecule has 1 atom stereocenters. The topological polar surface area (TPSA) is 97.2 Å². The number of nitrogens with zero attached hydrogens (tertiary/aromatic N) is 5. The van der Waals surface area contributed by atoms with Gasteiger partial charge in [0.05, 0.1) is 22.4 Å². The summed E-state index contributed by atoms with van der Waals surface area (Å²) < 4.78 is 27.0. The van der Waals surface area contributed by atoms with E-state index in [0.29, 0.717) is 54.9 Å². The largest absolute Gasteiger partial charge is 0.454 e. The van der Waals surface area contributed by atoms with Gasteiger partial charge in [-0.25, -0.2) is 9.07 Å². The third-order valence-electron chi connectivity index (χ3n) is 8.28. The van der Waals surface area contributed by atoms with Gasteiger partial charge in [-0.2, -0.15) is 5.10 Å². The summed E-state index contributed by atoms with van der Waals surface area (Å²) in [6.07, 6.45) is 0. The standard InChI is InChI=1S/C33H30FN5O5S/c1-21(40)36-13-15-37(16-14-36)28(41)18-38-29(42)19-45-32(23-7-12-26-27(17-23)44-20-43-26)30-31(22-5-3-2-4-6-22)35-39(33(30)38)25-10-8-24(34)9-11-25/h2-12,17,32H,13-16,18-20H2,1H3/t32-/m1/s1. The highest BCUT2D eigenvalue weighted by Gasteiger charge is 2.39. The molecule has 0 saturated carbocycles. The highest BCUT2D eigenvalue weighted by molar-refractivity contribution is 8.00. The molecule has 3 aliphatic heterocycles. The van der Waals surface area contributed by atoms with Gasteiger partial charge in [0.2, 0.25) is 24.5 Å². The molecule has 0 N–H and O–H groups in total. The van der Waals surface area contributed by atoms with Crippen LogP contribution in [0.2, 0.25) is 0 Å². The third kappa shape index (κ3) is 5.50. The Balaban J connectivity index is 1.38. The fourth-order valence-corrected chi connectivity index (χ4v) is 7.12. The van der Waals surface area contributed by atoms with Crippen LogP contribution in [0.5, 0.6) is 11.5 Å². The van der Waals surface area contributed by atoms with Crippen molar-refractivity contribution in [3.8, 4) is 28.4 Å². The van der Waals surface area contributed by atoms with Crippen LogP contribution < -0.4 is 14.4 Å². The molecule has 3 amide bonds. The third-order valence-corrected chi connectivity index (χ3v) is 9.53. The molecular weight excluding hydrogens is 597 g/mol. The quantitative estimate of drug-likeness (QED) is 0.326. The molecule has 1 aromatic heterocycles. The lowest BCUT2D eigenvalue weighted by Gasteiger charge is -2.35. The minimum Gasteiger partial charge on any atom is -0.454 e. The summed E-state index contributed by atoms with van der Waals surface area (Å²) in [7, 11) is 0. The van der Waals surface area contributed by atoms with E-state index in [2.05, 4.69) is 0 Å². The average Bonchev–Trinajstić information content (AvgIpc) is 3.66. The van der Waals surface area contributed by atoms with Crippen molar-refractivity contribution in [2.24, 2.45) is 0 Å². The van der Waals surface area contributed by atoms with Crippen LogP contribution >= 0.6 is 11.8 Å². The maximum Gasteiger partial charge on any atom is 0.242 e. The van der Waals surface area contributed by atoms with Crippen LogP contribution in [0.3, 0.4) is 0 Å². The van der Waals surface area contributed by atoms with E-state index in [4.69, 9.17) is 14.6 Å². The number of piperazine rings is 1. The first-order chi connectivity index (χ1) is 21.9. The minimum absolute atomic E-state index is 0.0299. The summed E-state index contributed by atoms with van der Waals surface area (Å²) in [5.74, 6) is 0.926. The van der Waals surface area contributed by atoms with E-state index in [9.17, 15) is 18.8 Å². The number of ether oxygens (including phenoxy) is 2. The van der Waals surface area contributed by atoms with Crippen molar-refractivity contribution in [2.45, 2.75) is 12.2 Å². The first-order valence-electron chi connectivity index (χ1n) is 14.7. The van der Waals surface area contributed by atoms with Crippen LogP contribution in [0.1, 0.15) is 23.3 Å². The summed E-state index contributed by atoms with van der Waals surface area (Å²) in [6, 6.07) is 21.3. The molecule has 0 radical (unpaired) electrons. The first-order valence-corrected chi connectivity index (χ1v) is 15.7. The van der Waals surface area contributed by atoms with Crippen molar-refractivity contribution in [3.63, 3.8) is 0 Å². The highest BCUT2D eigenvalue weighted by atomic mass is 32.2. The molecule has 45 heavy (non-hydrogen) atoms. The van der Waals surface area contributed by atoms with Crippen LogP contribution in [0.25, 0.3) is 16.9 Å². The number of rotatable bonds is 5. The van der Waals surface area contributed by atoms with E-state index in [1.54, 1.807) is 26.6 Å². The van der Waals surface area contributed by atoms with Gasteiger partial charge in [-0.15, -0.1) is 11.8 Å². The minimum atomic E-state index is -0.401. The molecule has 0 spiro atoms. The molecule has 12 heteroatoms. The molecule has 1 fully saturated rings. The van der Waals surface area contributed by atoms with Gasteiger partial charge in [-0.1, -0.05) is 36.4 Å². The Morgan fingerprint density at radius 3 is 2.38 bits per heavy atom. The van der Waals surface area contributed by atoms with Crippen molar-refractivity contribution < 1.29 is 28.2 Å². The van der Waals surface area contributed by atoms with Gasteiger partial charge in [0, 0.05) is 44.2 Å². The van der Waals surface area contributed by atoms with E-state index in [1.165, 1.54) is 35.7 Å². The first kappa shape index (κ1) is 28.9. The van der Waals surface area contributed by atoms with Gasteiger partial charge >= 0.3 is 0 Å². The Bertz CT molecular complexity index is 1770. The lowest BCUT2D eigenvalue weighted by atomic mass is 9.99. The lowest BCUT2D eigenvalue weighted by Crippen LogP contribution is -2.53. The fraction of sp³-hybridized carbons (Fsp3) is 0.273. The zero-order valence-corrected chi connectivity index (χ0v) is 25.3. The van der Waals surface area contributed by atoms with Gasteiger partial charge in [0.15, 0.2) is 11.5 Å². The Labute approximate surface area is 263 Å². The van der Waals surface area contributed by atoms with Crippen LogP contribution in [0.4, 0.5) is 10.2 Å². The summed E-state index contributed by atoms with van der Waals surface area (Å²) in [5, 5.41) is 4.69. The van der Waals surface area contributed by atoms with Gasteiger partial charge in [-0.3, -0.25) is 19.3 Å². The Morgan fingerprint density at radius 1 is 0.933 bits per heavy atom. The molecule has 230 valence electrons. The van der Waals surface area contributed by atoms with Crippen molar-refractivity contribution in [2.75, 3.05) is 50.2 Å². The second kappa shape index (κ2) is 11.9. The van der Waals surface area contributed by atoms with E-state index in [0.717, 1.165) is 16.7 Å². The molecule has 4 aromatic rings. The number of hydrogen-bond acceptors (Lipinski definition) is 7. The van der Waals surface area contributed by atoms with Crippen molar-refractivity contribution >= 4 is 35.3 Å². The Morgan fingerprint density at radius 2 is 1.64 bits per heavy atom. The van der Waals surface area contributed by atoms with E-state index < -0.39 is 5.82 Å². The van der Waals surface area contributed by atoms with Gasteiger partial charge in [0.1, 0.15) is 18.2 Å². The summed E-state index contributed by atoms with van der Waals surface area (Å²) in [5.41, 5.74) is 3.68. The molecule has 7 rings (SSSR count). The van der Waals surface area contributed by atoms with Crippen molar-refractivity contribution in [1.82, 2.24) is 19.6 Å². The lowest BCUT2D eigenvalue weighted by molar-refractivity contribution is -0.137.